The Kier molecular flexibility index (Phi) is 6.94. The summed E-state index contributed by atoms with van der Waals surface area (Å²) in [7, 11) is 1.37. The number of aromatic amines is 1. The zero-order valence-corrected chi connectivity index (χ0v) is 13.1. The molecule has 0 aliphatic heterocycles. The Labute approximate surface area is 125 Å². The van der Waals surface area contributed by atoms with Gasteiger partial charge >= 0.3 is 11.9 Å². The van der Waals surface area contributed by atoms with Gasteiger partial charge in [0.2, 0.25) is 0 Å². The molecule has 1 atom stereocenters. The molecule has 6 heteroatoms. The van der Waals surface area contributed by atoms with Crippen LogP contribution in [0.4, 0.5) is 0 Å². The maximum absolute atomic E-state index is 11.8. The van der Waals surface area contributed by atoms with Crippen molar-refractivity contribution in [2.45, 2.75) is 39.8 Å². The van der Waals surface area contributed by atoms with Gasteiger partial charge in [0.1, 0.15) is 11.7 Å². The summed E-state index contributed by atoms with van der Waals surface area (Å²) in [5, 5.41) is 3.14. The van der Waals surface area contributed by atoms with Gasteiger partial charge in [0, 0.05) is 12.7 Å². The summed E-state index contributed by atoms with van der Waals surface area (Å²) in [6.45, 7) is 6.55. The predicted molar refractivity (Wildman–Crippen MR) is 78.8 cm³/mol. The van der Waals surface area contributed by atoms with E-state index in [2.05, 4.69) is 10.3 Å². The molecule has 1 aromatic heterocycles. The first-order valence-electron chi connectivity index (χ1n) is 7.14. The van der Waals surface area contributed by atoms with Crippen molar-refractivity contribution >= 4 is 11.9 Å². The number of H-pyrrole nitrogens is 1. The first-order valence-corrected chi connectivity index (χ1v) is 7.14. The molecule has 0 saturated carbocycles. The molecule has 0 bridgehead atoms. The third kappa shape index (κ3) is 5.23. The first-order chi connectivity index (χ1) is 9.99. The van der Waals surface area contributed by atoms with Crippen LogP contribution < -0.4 is 5.32 Å². The van der Waals surface area contributed by atoms with E-state index in [1.165, 1.54) is 7.11 Å². The average molecular weight is 296 g/mol. The number of nitrogens with one attached hydrogen (secondary N) is 2. The lowest BCUT2D eigenvalue weighted by Gasteiger charge is -2.18. The number of carbonyl (C=O) groups is 2. The van der Waals surface area contributed by atoms with E-state index in [1.54, 1.807) is 19.2 Å². The number of hydrogen-bond donors (Lipinski definition) is 2. The van der Waals surface area contributed by atoms with E-state index >= 15 is 0 Å². The van der Waals surface area contributed by atoms with Gasteiger partial charge in [-0.3, -0.25) is 4.79 Å². The van der Waals surface area contributed by atoms with Gasteiger partial charge in [0.05, 0.1) is 13.7 Å². The van der Waals surface area contributed by atoms with E-state index in [9.17, 15) is 9.59 Å². The standard InChI is InChI=1S/C15H24N2O4/c1-5-21-15(19)13-11(6-7-16-13)9-17-12(8-10(2)3)14(18)20-4/h6-7,10,12,16-17H,5,8-9H2,1-4H3/t12-/m1/s1. The Balaban J connectivity index is 2.70. The first kappa shape index (κ1) is 17.2. The van der Waals surface area contributed by atoms with Crippen molar-refractivity contribution in [3.05, 3.63) is 23.5 Å². The largest absolute Gasteiger partial charge is 0.468 e. The quantitative estimate of drug-likeness (QED) is 0.716. The number of rotatable bonds is 8. The van der Waals surface area contributed by atoms with E-state index in [0.717, 1.165) is 5.56 Å². The van der Waals surface area contributed by atoms with Crippen molar-refractivity contribution in [2.24, 2.45) is 5.92 Å². The van der Waals surface area contributed by atoms with Gasteiger partial charge in [-0.15, -0.1) is 0 Å². The fraction of sp³-hybridized carbons (Fsp3) is 0.600. The van der Waals surface area contributed by atoms with E-state index in [4.69, 9.17) is 9.47 Å². The van der Waals surface area contributed by atoms with Crippen LogP contribution >= 0.6 is 0 Å². The number of esters is 2. The molecule has 21 heavy (non-hydrogen) atoms. The van der Waals surface area contributed by atoms with Gasteiger partial charge in [-0.25, -0.2) is 4.79 Å². The maximum atomic E-state index is 11.8. The summed E-state index contributed by atoms with van der Waals surface area (Å²) in [5.41, 5.74) is 1.18. The van der Waals surface area contributed by atoms with Gasteiger partial charge in [-0.05, 0) is 30.9 Å². The Morgan fingerprint density at radius 1 is 1.38 bits per heavy atom. The van der Waals surface area contributed by atoms with Gasteiger partial charge in [-0.2, -0.15) is 0 Å². The van der Waals surface area contributed by atoms with Crippen LogP contribution in [0.1, 0.15) is 43.2 Å². The van der Waals surface area contributed by atoms with Crippen molar-refractivity contribution in [1.82, 2.24) is 10.3 Å². The van der Waals surface area contributed by atoms with Crippen LogP contribution in [0, 0.1) is 5.92 Å². The van der Waals surface area contributed by atoms with Crippen LogP contribution in [-0.4, -0.2) is 36.7 Å². The highest BCUT2D eigenvalue weighted by molar-refractivity contribution is 5.89. The topological polar surface area (TPSA) is 80.4 Å². The zero-order valence-electron chi connectivity index (χ0n) is 13.1. The van der Waals surface area contributed by atoms with E-state index < -0.39 is 5.97 Å². The molecule has 0 aliphatic rings. The molecular formula is C15H24N2O4. The van der Waals surface area contributed by atoms with Crippen LogP contribution in [0.5, 0.6) is 0 Å². The molecule has 0 unspecified atom stereocenters. The van der Waals surface area contributed by atoms with Crippen molar-refractivity contribution in [3.8, 4) is 0 Å². The average Bonchev–Trinajstić information content (AvgIpc) is 2.91. The number of methoxy groups -OCH3 is 1. The third-order valence-electron chi connectivity index (χ3n) is 3.04. The lowest BCUT2D eigenvalue weighted by molar-refractivity contribution is -0.143. The normalized spacial score (nSPS) is 12.2. The summed E-state index contributed by atoms with van der Waals surface area (Å²) in [4.78, 5) is 26.4. The molecule has 2 N–H and O–H groups in total. The number of aromatic nitrogens is 1. The number of hydrogen-bond acceptors (Lipinski definition) is 5. The molecule has 0 amide bonds. The molecule has 0 aromatic carbocycles. The van der Waals surface area contributed by atoms with Crippen molar-refractivity contribution < 1.29 is 19.1 Å². The molecule has 1 aromatic rings. The Morgan fingerprint density at radius 3 is 2.67 bits per heavy atom. The van der Waals surface area contributed by atoms with Gasteiger partial charge in [0.25, 0.3) is 0 Å². The zero-order chi connectivity index (χ0) is 15.8. The lowest BCUT2D eigenvalue weighted by atomic mass is 10.0. The fourth-order valence-electron chi connectivity index (χ4n) is 2.05. The molecule has 1 heterocycles. The van der Waals surface area contributed by atoms with Crippen molar-refractivity contribution in [2.75, 3.05) is 13.7 Å². The number of carbonyl (C=O) groups excluding carboxylic acids is 2. The summed E-state index contributed by atoms with van der Waals surface area (Å²) >= 11 is 0. The van der Waals surface area contributed by atoms with Gasteiger partial charge in [0.15, 0.2) is 0 Å². The van der Waals surface area contributed by atoms with Gasteiger partial charge in [-0.1, -0.05) is 13.8 Å². The summed E-state index contributed by atoms with van der Waals surface area (Å²) in [6.07, 6.45) is 2.35. The SMILES string of the molecule is CCOC(=O)c1[nH]ccc1CN[C@H](CC(C)C)C(=O)OC. The monoisotopic (exact) mass is 296 g/mol. The minimum absolute atomic E-state index is 0.295. The highest BCUT2D eigenvalue weighted by Gasteiger charge is 2.21. The molecule has 0 spiro atoms. The van der Waals surface area contributed by atoms with E-state index in [1.807, 2.05) is 13.8 Å². The minimum Gasteiger partial charge on any atom is -0.468 e. The lowest BCUT2D eigenvalue weighted by Crippen LogP contribution is -2.38. The predicted octanol–water partition coefficient (Wildman–Crippen LogP) is 1.87. The van der Waals surface area contributed by atoms with Crippen LogP contribution in [0.25, 0.3) is 0 Å². The molecule has 0 saturated heterocycles. The molecular weight excluding hydrogens is 272 g/mol. The van der Waals surface area contributed by atoms with Crippen LogP contribution in [-0.2, 0) is 20.8 Å². The summed E-state index contributed by atoms with van der Waals surface area (Å²) in [5.74, 6) is -0.327. The van der Waals surface area contributed by atoms with Crippen LogP contribution in [0.3, 0.4) is 0 Å². The molecule has 0 fully saturated rings. The van der Waals surface area contributed by atoms with E-state index in [-0.39, 0.29) is 12.0 Å². The minimum atomic E-state index is -0.391. The second-order valence-corrected chi connectivity index (χ2v) is 5.18. The highest BCUT2D eigenvalue weighted by Crippen LogP contribution is 2.11. The Bertz CT molecular complexity index is 468. The number of ether oxygens (including phenoxy) is 2. The molecule has 118 valence electrons. The van der Waals surface area contributed by atoms with Crippen molar-refractivity contribution in [1.29, 1.82) is 0 Å². The summed E-state index contributed by atoms with van der Waals surface area (Å²) in [6, 6.07) is 1.41. The van der Waals surface area contributed by atoms with E-state index in [0.29, 0.717) is 31.2 Å². The Morgan fingerprint density at radius 2 is 2.10 bits per heavy atom. The van der Waals surface area contributed by atoms with Crippen LogP contribution in [0.2, 0.25) is 0 Å². The molecule has 1 rings (SSSR count). The smallest absolute Gasteiger partial charge is 0.355 e. The molecule has 0 aliphatic carbocycles. The van der Waals surface area contributed by atoms with Crippen molar-refractivity contribution in [3.63, 3.8) is 0 Å². The fourth-order valence-corrected chi connectivity index (χ4v) is 2.05. The summed E-state index contributed by atoms with van der Waals surface area (Å²) < 4.78 is 9.78. The second kappa shape index (κ2) is 8.46. The van der Waals surface area contributed by atoms with Crippen LogP contribution in [0.15, 0.2) is 12.3 Å². The third-order valence-corrected chi connectivity index (χ3v) is 3.04. The second-order valence-electron chi connectivity index (χ2n) is 5.18. The highest BCUT2D eigenvalue weighted by atomic mass is 16.5. The van der Waals surface area contributed by atoms with Gasteiger partial charge < -0.3 is 19.8 Å². The molecule has 0 radical (unpaired) electrons. The molecule has 6 nitrogen and oxygen atoms in total. The Hall–Kier alpha value is -1.82. The maximum Gasteiger partial charge on any atom is 0.355 e.